The summed E-state index contributed by atoms with van der Waals surface area (Å²) in [4.78, 5) is 23.8. The molecule has 0 fully saturated rings. The van der Waals surface area contributed by atoms with Crippen LogP contribution >= 0.6 is 11.6 Å². The van der Waals surface area contributed by atoms with E-state index in [0.29, 0.717) is 22.9 Å². The van der Waals surface area contributed by atoms with Crippen LogP contribution < -0.4 is 10.1 Å². The molecule has 2 rings (SSSR count). The fourth-order valence-corrected chi connectivity index (χ4v) is 2.18. The van der Waals surface area contributed by atoms with Crippen molar-refractivity contribution in [1.82, 2.24) is 5.32 Å². The van der Waals surface area contributed by atoms with E-state index >= 15 is 0 Å². The van der Waals surface area contributed by atoms with Crippen LogP contribution in [0.1, 0.15) is 21.5 Å². The zero-order valence-corrected chi connectivity index (χ0v) is 14.2. The van der Waals surface area contributed by atoms with Crippen molar-refractivity contribution in [3.8, 4) is 5.75 Å². The highest BCUT2D eigenvalue weighted by molar-refractivity contribution is 6.30. The largest absolute Gasteiger partial charge is 0.497 e. The van der Waals surface area contributed by atoms with Crippen LogP contribution in [0.15, 0.2) is 42.5 Å². The van der Waals surface area contributed by atoms with Crippen LogP contribution in [0.3, 0.4) is 0 Å². The maximum atomic E-state index is 12.0. The molecule has 0 saturated carbocycles. The molecule has 126 valence electrons. The lowest BCUT2D eigenvalue weighted by atomic mass is 10.1. The van der Waals surface area contributed by atoms with Crippen molar-refractivity contribution in [2.24, 2.45) is 0 Å². The SMILES string of the molecule is COc1ccc(C(=O)OCC(=O)NCc2ccc(Cl)cc2)c(C)c1. The topological polar surface area (TPSA) is 64.6 Å². The Morgan fingerprint density at radius 3 is 2.46 bits per heavy atom. The Hall–Kier alpha value is -2.53. The van der Waals surface area contributed by atoms with E-state index in [2.05, 4.69) is 5.32 Å². The molecule has 0 saturated heterocycles. The predicted octanol–water partition coefficient (Wildman–Crippen LogP) is 3.13. The highest BCUT2D eigenvalue weighted by Crippen LogP contribution is 2.17. The Balaban J connectivity index is 1.82. The van der Waals surface area contributed by atoms with Gasteiger partial charge in [-0.15, -0.1) is 0 Å². The van der Waals surface area contributed by atoms with Crippen LogP contribution in [0.25, 0.3) is 0 Å². The van der Waals surface area contributed by atoms with Crippen LogP contribution in [0, 0.1) is 6.92 Å². The Labute approximate surface area is 145 Å². The summed E-state index contributed by atoms with van der Waals surface area (Å²) in [7, 11) is 1.55. The van der Waals surface area contributed by atoms with E-state index in [1.807, 2.05) is 12.1 Å². The third-order valence-corrected chi connectivity index (χ3v) is 3.64. The number of amides is 1. The van der Waals surface area contributed by atoms with Gasteiger partial charge in [0.2, 0.25) is 0 Å². The first-order valence-corrected chi connectivity index (χ1v) is 7.70. The monoisotopic (exact) mass is 347 g/mol. The third-order valence-electron chi connectivity index (χ3n) is 3.39. The summed E-state index contributed by atoms with van der Waals surface area (Å²) in [6, 6.07) is 12.1. The van der Waals surface area contributed by atoms with Crippen molar-refractivity contribution < 1.29 is 19.1 Å². The van der Waals surface area contributed by atoms with Crippen molar-refractivity contribution >= 4 is 23.5 Å². The maximum absolute atomic E-state index is 12.0. The number of nitrogens with one attached hydrogen (secondary N) is 1. The van der Waals surface area contributed by atoms with Gasteiger partial charge in [0.25, 0.3) is 5.91 Å². The highest BCUT2D eigenvalue weighted by atomic mass is 35.5. The fraction of sp³-hybridized carbons (Fsp3) is 0.222. The number of aryl methyl sites for hydroxylation is 1. The number of carbonyl (C=O) groups is 2. The van der Waals surface area contributed by atoms with Crippen molar-refractivity contribution in [1.29, 1.82) is 0 Å². The number of benzene rings is 2. The molecule has 5 nitrogen and oxygen atoms in total. The van der Waals surface area contributed by atoms with Crippen molar-refractivity contribution in [2.45, 2.75) is 13.5 Å². The van der Waals surface area contributed by atoms with Gasteiger partial charge in [0.1, 0.15) is 5.75 Å². The molecule has 6 heteroatoms. The van der Waals surface area contributed by atoms with Gasteiger partial charge in [-0.25, -0.2) is 4.79 Å². The average molecular weight is 348 g/mol. The minimum Gasteiger partial charge on any atom is -0.497 e. The first-order valence-electron chi connectivity index (χ1n) is 7.32. The molecule has 2 aromatic carbocycles. The van der Waals surface area contributed by atoms with E-state index in [0.717, 1.165) is 11.1 Å². The summed E-state index contributed by atoms with van der Waals surface area (Å²) in [6.07, 6.45) is 0. The summed E-state index contributed by atoms with van der Waals surface area (Å²) >= 11 is 5.80. The molecule has 1 N–H and O–H groups in total. The van der Waals surface area contributed by atoms with Crippen molar-refractivity contribution in [2.75, 3.05) is 13.7 Å². The van der Waals surface area contributed by atoms with Crippen molar-refractivity contribution in [3.63, 3.8) is 0 Å². The van der Waals surface area contributed by atoms with Crippen LogP contribution in [-0.2, 0) is 16.1 Å². The Bertz CT molecular complexity index is 728. The van der Waals surface area contributed by atoms with E-state index in [-0.39, 0.29) is 12.5 Å². The molecular formula is C18H18ClNO4. The number of hydrogen-bond donors (Lipinski definition) is 1. The molecule has 2 aromatic rings. The molecule has 0 atom stereocenters. The standard InChI is InChI=1S/C18H18ClNO4/c1-12-9-15(23-2)7-8-16(12)18(22)24-11-17(21)20-10-13-3-5-14(19)6-4-13/h3-9H,10-11H2,1-2H3,(H,20,21). The second-order valence-electron chi connectivity index (χ2n) is 5.16. The zero-order valence-electron chi connectivity index (χ0n) is 13.5. The number of carbonyl (C=O) groups excluding carboxylic acids is 2. The molecule has 0 aliphatic rings. The summed E-state index contributed by atoms with van der Waals surface area (Å²) in [5.41, 5.74) is 2.03. The Morgan fingerprint density at radius 2 is 1.83 bits per heavy atom. The number of ether oxygens (including phenoxy) is 2. The minimum atomic E-state index is -0.545. The number of halogens is 1. The molecule has 24 heavy (non-hydrogen) atoms. The molecule has 0 heterocycles. The summed E-state index contributed by atoms with van der Waals surface area (Å²) in [6.45, 7) is 1.78. The van der Waals surface area contributed by atoms with E-state index in [9.17, 15) is 9.59 Å². The molecule has 0 spiro atoms. The lowest BCUT2D eigenvalue weighted by molar-refractivity contribution is -0.124. The van der Waals surface area contributed by atoms with Crippen molar-refractivity contribution in [3.05, 3.63) is 64.2 Å². The van der Waals surface area contributed by atoms with Gasteiger partial charge in [-0.2, -0.15) is 0 Å². The Morgan fingerprint density at radius 1 is 1.12 bits per heavy atom. The average Bonchev–Trinajstić information content (AvgIpc) is 2.59. The first-order chi connectivity index (χ1) is 11.5. The lowest BCUT2D eigenvalue weighted by Gasteiger charge is -2.09. The van der Waals surface area contributed by atoms with Gasteiger partial charge in [0.05, 0.1) is 12.7 Å². The number of rotatable bonds is 6. The number of methoxy groups -OCH3 is 1. The van der Waals surface area contributed by atoms with Gasteiger partial charge >= 0.3 is 5.97 Å². The quantitative estimate of drug-likeness (QED) is 0.815. The van der Waals surface area contributed by atoms with Crippen LogP contribution in [-0.4, -0.2) is 25.6 Å². The molecule has 1 amide bonds. The molecule has 0 radical (unpaired) electrons. The summed E-state index contributed by atoms with van der Waals surface area (Å²) in [5, 5.41) is 3.31. The smallest absolute Gasteiger partial charge is 0.338 e. The molecule has 0 unspecified atom stereocenters. The lowest BCUT2D eigenvalue weighted by Crippen LogP contribution is -2.28. The molecule has 0 aliphatic carbocycles. The fourth-order valence-electron chi connectivity index (χ4n) is 2.05. The van der Waals surface area contributed by atoms with Gasteiger partial charge in [-0.1, -0.05) is 23.7 Å². The van der Waals surface area contributed by atoms with Gasteiger partial charge in [0, 0.05) is 11.6 Å². The predicted molar refractivity (Wildman–Crippen MR) is 91.3 cm³/mol. The third kappa shape index (κ3) is 4.99. The van der Waals surface area contributed by atoms with E-state index in [1.54, 1.807) is 44.4 Å². The highest BCUT2D eigenvalue weighted by Gasteiger charge is 2.13. The van der Waals surface area contributed by atoms with E-state index in [4.69, 9.17) is 21.1 Å². The number of hydrogen-bond acceptors (Lipinski definition) is 4. The molecule has 0 aromatic heterocycles. The minimum absolute atomic E-state index is 0.335. The maximum Gasteiger partial charge on any atom is 0.338 e. The zero-order chi connectivity index (χ0) is 17.5. The summed E-state index contributed by atoms with van der Waals surface area (Å²) in [5.74, 6) is -0.258. The van der Waals surface area contributed by atoms with Gasteiger partial charge in [0.15, 0.2) is 6.61 Å². The van der Waals surface area contributed by atoms with Crippen LogP contribution in [0.4, 0.5) is 0 Å². The van der Waals surface area contributed by atoms with Gasteiger partial charge in [-0.05, 0) is 48.4 Å². The number of esters is 1. The first kappa shape index (κ1) is 17.8. The van der Waals surface area contributed by atoms with Gasteiger partial charge in [-0.3, -0.25) is 4.79 Å². The van der Waals surface area contributed by atoms with E-state index < -0.39 is 5.97 Å². The van der Waals surface area contributed by atoms with Crippen LogP contribution in [0.2, 0.25) is 5.02 Å². The molecule has 0 bridgehead atoms. The second-order valence-corrected chi connectivity index (χ2v) is 5.60. The van der Waals surface area contributed by atoms with E-state index in [1.165, 1.54) is 0 Å². The Kier molecular flexibility index (Phi) is 6.21. The second kappa shape index (κ2) is 8.36. The molecule has 0 aliphatic heterocycles. The van der Waals surface area contributed by atoms with Gasteiger partial charge < -0.3 is 14.8 Å². The summed E-state index contributed by atoms with van der Waals surface area (Å²) < 4.78 is 10.1. The normalized spacial score (nSPS) is 10.1. The van der Waals surface area contributed by atoms with Crippen LogP contribution in [0.5, 0.6) is 5.75 Å². The molecular weight excluding hydrogens is 330 g/mol.